The lowest BCUT2D eigenvalue weighted by Crippen LogP contribution is -2.37. The number of hydrogen-bond acceptors (Lipinski definition) is 4. The Morgan fingerprint density at radius 1 is 1.08 bits per heavy atom. The van der Waals surface area contributed by atoms with Gasteiger partial charge in [-0.1, -0.05) is 30.3 Å². The first-order chi connectivity index (χ1) is 12.5. The number of nitrogens with two attached hydrogens (primary N) is 1. The molecule has 0 bridgehead atoms. The zero-order valence-electron chi connectivity index (χ0n) is 15.8. The predicted molar refractivity (Wildman–Crippen MR) is 104 cm³/mol. The number of carbonyl (C=O) groups is 1. The summed E-state index contributed by atoms with van der Waals surface area (Å²) in [7, 11) is 1.57. The van der Waals surface area contributed by atoms with Crippen molar-refractivity contribution >= 4 is 5.91 Å². The third-order valence-electron chi connectivity index (χ3n) is 3.97. The Balaban J connectivity index is 2.14. The fourth-order valence-electron chi connectivity index (χ4n) is 2.71. The monoisotopic (exact) mass is 356 g/mol. The number of carbonyl (C=O) groups excluding carboxylic acids is 1. The molecule has 0 radical (unpaired) electrons. The fourth-order valence-corrected chi connectivity index (χ4v) is 2.71. The molecule has 0 spiro atoms. The van der Waals surface area contributed by atoms with Crippen LogP contribution in [0.1, 0.15) is 29.8 Å². The molecule has 5 nitrogen and oxygen atoms in total. The molecule has 0 fully saturated rings. The third kappa shape index (κ3) is 5.49. The van der Waals surface area contributed by atoms with Crippen LogP contribution in [0, 0.1) is 0 Å². The van der Waals surface area contributed by atoms with E-state index in [-0.39, 0.29) is 12.0 Å². The summed E-state index contributed by atoms with van der Waals surface area (Å²) in [5.74, 6) is 1.13. The number of hydrogen-bond donors (Lipinski definition) is 1. The second kappa shape index (κ2) is 9.82. The normalized spacial score (nSPS) is 10.7. The van der Waals surface area contributed by atoms with Gasteiger partial charge in [-0.25, -0.2) is 0 Å². The van der Waals surface area contributed by atoms with Crippen LogP contribution in [-0.2, 0) is 6.42 Å². The fraction of sp³-hybridized carbons (Fsp3) is 0.381. The Kier molecular flexibility index (Phi) is 7.48. The summed E-state index contributed by atoms with van der Waals surface area (Å²) in [5, 5.41) is 0. The summed E-state index contributed by atoms with van der Waals surface area (Å²) < 4.78 is 11.1. The zero-order valence-corrected chi connectivity index (χ0v) is 15.8. The van der Waals surface area contributed by atoms with E-state index < -0.39 is 0 Å². The molecule has 2 aromatic rings. The number of ether oxygens (including phenoxy) is 2. The average Bonchev–Trinajstić information content (AvgIpc) is 2.65. The first-order valence-electron chi connectivity index (χ1n) is 8.93. The van der Waals surface area contributed by atoms with Crippen LogP contribution in [0.3, 0.4) is 0 Å². The summed E-state index contributed by atoms with van der Waals surface area (Å²) in [4.78, 5) is 14.7. The van der Waals surface area contributed by atoms with Gasteiger partial charge in [0.25, 0.3) is 5.91 Å². The lowest BCUT2D eigenvalue weighted by molar-refractivity contribution is 0.0761. The molecule has 0 aliphatic heterocycles. The highest BCUT2D eigenvalue weighted by Crippen LogP contribution is 2.29. The Hall–Kier alpha value is -2.53. The standard InChI is InChI=1S/C21H28N2O3/c1-16(2)26-19-10-9-18(15-20(19)25-3)21(24)23(14-12-22)13-11-17-7-5-4-6-8-17/h4-10,15-16H,11-14,22H2,1-3H3. The molecule has 0 unspecified atom stereocenters. The first-order valence-corrected chi connectivity index (χ1v) is 8.93. The van der Waals surface area contributed by atoms with E-state index >= 15 is 0 Å². The number of methoxy groups -OCH3 is 1. The molecule has 0 heterocycles. The van der Waals surface area contributed by atoms with Crippen LogP contribution in [0.4, 0.5) is 0 Å². The number of benzene rings is 2. The summed E-state index contributed by atoms with van der Waals surface area (Å²) in [6.45, 7) is 5.45. The van der Waals surface area contributed by atoms with Crippen molar-refractivity contribution in [2.24, 2.45) is 5.73 Å². The van der Waals surface area contributed by atoms with Gasteiger partial charge in [0.2, 0.25) is 0 Å². The van der Waals surface area contributed by atoms with Crippen molar-refractivity contribution in [1.29, 1.82) is 0 Å². The molecule has 2 rings (SSSR count). The van der Waals surface area contributed by atoms with Gasteiger partial charge in [-0.2, -0.15) is 0 Å². The van der Waals surface area contributed by atoms with E-state index in [1.807, 2.05) is 32.0 Å². The van der Waals surface area contributed by atoms with Gasteiger partial charge in [-0.3, -0.25) is 4.79 Å². The topological polar surface area (TPSA) is 64.8 Å². The second-order valence-corrected chi connectivity index (χ2v) is 6.35. The highest BCUT2D eigenvalue weighted by Gasteiger charge is 2.18. The molecule has 0 saturated heterocycles. The highest BCUT2D eigenvalue weighted by atomic mass is 16.5. The van der Waals surface area contributed by atoms with E-state index in [1.54, 1.807) is 30.2 Å². The summed E-state index contributed by atoms with van der Waals surface area (Å²) >= 11 is 0. The van der Waals surface area contributed by atoms with Gasteiger partial charge < -0.3 is 20.1 Å². The van der Waals surface area contributed by atoms with Gasteiger partial charge in [0.05, 0.1) is 13.2 Å². The van der Waals surface area contributed by atoms with Crippen molar-refractivity contribution in [2.75, 3.05) is 26.7 Å². The van der Waals surface area contributed by atoms with E-state index in [1.165, 1.54) is 5.56 Å². The number of nitrogens with zero attached hydrogens (tertiary/aromatic N) is 1. The molecule has 26 heavy (non-hydrogen) atoms. The predicted octanol–water partition coefficient (Wildman–Crippen LogP) is 3.13. The van der Waals surface area contributed by atoms with Crippen LogP contribution in [0.2, 0.25) is 0 Å². The van der Waals surface area contributed by atoms with Crippen molar-refractivity contribution in [3.05, 3.63) is 59.7 Å². The Morgan fingerprint density at radius 3 is 2.42 bits per heavy atom. The van der Waals surface area contributed by atoms with Crippen LogP contribution in [0.15, 0.2) is 48.5 Å². The first kappa shape index (κ1) is 19.8. The maximum absolute atomic E-state index is 12.9. The van der Waals surface area contributed by atoms with Crippen molar-refractivity contribution in [2.45, 2.75) is 26.4 Å². The van der Waals surface area contributed by atoms with Crippen LogP contribution < -0.4 is 15.2 Å². The molecule has 0 atom stereocenters. The van der Waals surface area contributed by atoms with Crippen molar-refractivity contribution < 1.29 is 14.3 Å². The van der Waals surface area contributed by atoms with Crippen LogP contribution in [0.5, 0.6) is 11.5 Å². The van der Waals surface area contributed by atoms with Crippen LogP contribution in [0.25, 0.3) is 0 Å². The lowest BCUT2D eigenvalue weighted by Gasteiger charge is -2.23. The minimum absolute atomic E-state index is 0.0325. The van der Waals surface area contributed by atoms with Crippen molar-refractivity contribution in [3.63, 3.8) is 0 Å². The van der Waals surface area contributed by atoms with Crippen LogP contribution in [-0.4, -0.2) is 43.7 Å². The van der Waals surface area contributed by atoms with Gasteiger partial charge in [0, 0.05) is 25.2 Å². The molecule has 0 saturated carbocycles. The smallest absolute Gasteiger partial charge is 0.254 e. The molecule has 140 valence electrons. The van der Waals surface area contributed by atoms with Crippen LogP contribution >= 0.6 is 0 Å². The maximum atomic E-state index is 12.9. The van der Waals surface area contributed by atoms with E-state index in [0.29, 0.717) is 36.7 Å². The summed E-state index contributed by atoms with van der Waals surface area (Å²) in [6.07, 6.45) is 0.822. The number of rotatable bonds is 9. The Bertz CT molecular complexity index is 702. The zero-order chi connectivity index (χ0) is 18.9. The van der Waals surface area contributed by atoms with Crippen molar-refractivity contribution in [1.82, 2.24) is 4.90 Å². The Morgan fingerprint density at radius 2 is 1.81 bits per heavy atom. The van der Waals surface area contributed by atoms with E-state index in [2.05, 4.69) is 12.1 Å². The summed E-state index contributed by atoms with van der Waals surface area (Å²) in [6, 6.07) is 15.4. The van der Waals surface area contributed by atoms with E-state index in [9.17, 15) is 4.79 Å². The highest BCUT2D eigenvalue weighted by molar-refractivity contribution is 5.95. The molecule has 2 N–H and O–H groups in total. The van der Waals surface area contributed by atoms with Gasteiger partial charge in [-0.15, -0.1) is 0 Å². The van der Waals surface area contributed by atoms with Gasteiger partial charge >= 0.3 is 0 Å². The molecular formula is C21H28N2O3. The second-order valence-electron chi connectivity index (χ2n) is 6.35. The van der Waals surface area contributed by atoms with Crippen molar-refractivity contribution in [3.8, 4) is 11.5 Å². The molecule has 1 amide bonds. The largest absolute Gasteiger partial charge is 0.493 e. The quantitative estimate of drug-likeness (QED) is 0.750. The Labute approximate surface area is 155 Å². The SMILES string of the molecule is COc1cc(C(=O)N(CCN)CCc2ccccc2)ccc1OC(C)C. The molecule has 0 aliphatic rings. The average molecular weight is 356 g/mol. The number of amides is 1. The molecule has 5 heteroatoms. The minimum Gasteiger partial charge on any atom is -0.493 e. The molecular weight excluding hydrogens is 328 g/mol. The van der Waals surface area contributed by atoms with E-state index in [4.69, 9.17) is 15.2 Å². The van der Waals surface area contributed by atoms with Gasteiger partial charge in [0.1, 0.15) is 0 Å². The van der Waals surface area contributed by atoms with Gasteiger partial charge in [0.15, 0.2) is 11.5 Å². The molecule has 0 aromatic heterocycles. The lowest BCUT2D eigenvalue weighted by atomic mass is 10.1. The maximum Gasteiger partial charge on any atom is 0.254 e. The summed E-state index contributed by atoms with van der Waals surface area (Å²) in [5.41, 5.74) is 7.47. The minimum atomic E-state index is -0.0548. The van der Waals surface area contributed by atoms with E-state index in [0.717, 1.165) is 6.42 Å². The van der Waals surface area contributed by atoms with Gasteiger partial charge in [-0.05, 0) is 44.0 Å². The third-order valence-corrected chi connectivity index (χ3v) is 3.97. The molecule has 2 aromatic carbocycles. The molecule has 0 aliphatic carbocycles.